The zero-order valence-corrected chi connectivity index (χ0v) is 18.1. The van der Waals surface area contributed by atoms with Crippen LogP contribution in [0.15, 0.2) is 30.3 Å². The highest BCUT2D eigenvalue weighted by molar-refractivity contribution is 7.20. The molecule has 174 valence electrons. The normalized spacial score (nSPS) is 15.8. The van der Waals surface area contributed by atoms with Gasteiger partial charge in [0.25, 0.3) is 11.8 Å². The third-order valence-corrected chi connectivity index (χ3v) is 6.01. The number of thiophene rings is 1. The topological polar surface area (TPSA) is 104 Å². The van der Waals surface area contributed by atoms with Crippen LogP contribution in [0.4, 0.5) is 34.2 Å². The maximum absolute atomic E-state index is 14.7. The lowest BCUT2D eigenvalue weighted by atomic mass is 10.0. The van der Waals surface area contributed by atoms with E-state index in [-0.39, 0.29) is 39.1 Å². The predicted octanol–water partition coefficient (Wildman–Crippen LogP) is 3.70. The molecular weight excluding hydrogens is 462 g/mol. The summed E-state index contributed by atoms with van der Waals surface area (Å²) in [5, 5.41) is 20.3. The van der Waals surface area contributed by atoms with Crippen molar-refractivity contribution in [2.75, 3.05) is 23.3 Å². The van der Waals surface area contributed by atoms with E-state index in [4.69, 9.17) is 5.73 Å². The highest BCUT2D eigenvalue weighted by Crippen LogP contribution is 2.39. The summed E-state index contributed by atoms with van der Waals surface area (Å²) in [5.74, 6) is -4.79. The number of nitrogens with one attached hydrogen (secondary N) is 1. The fraction of sp³-hybridized carbons (Fsp3) is 0.286. The number of alkyl halides is 2. The Morgan fingerprint density at radius 2 is 1.91 bits per heavy atom. The van der Waals surface area contributed by atoms with Crippen molar-refractivity contribution in [1.29, 1.82) is 0 Å². The van der Waals surface area contributed by atoms with E-state index in [9.17, 15) is 27.5 Å². The van der Waals surface area contributed by atoms with Crippen LogP contribution in [0.2, 0.25) is 0 Å². The van der Waals surface area contributed by atoms with Crippen LogP contribution in [0, 0.1) is 11.6 Å². The quantitative estimate of drug-likeness (QED) is 0.445. The third kappa shape index (κ3) is 4.91. The fourth-order valence-corrected chi connectivity index (χ4v) is 4.58. The highest BCUT2D eigenvalue weighted by Gasteiger charge is 2.44. The molecule has 0 bridgehead atoms. The number of amides is 1. The molecule has 1 aromatic carbocycles. The van der Waals surface area contributed by atoms with Crippen molar-refractivity contribution < 1.29 is 27.5 Å². The number of aliphatic hydroxyl groups excluding tert-OH is 1. The van der Waals surface area contributed by atoms with E-state index >= 15 is 0 Å². The Morgan fingerprint density at radius 3 is 2.42 bits per heavy atom. The number of halogens is 4. The molecule has 3 aromatic rings. The van der Waals surface area contributed by atoms with Crippen LogP contribution in [0.1, 0.15) is 22.8 Å². The van der Waals surface area contributed by atoms with Gasteiger partial charge < -0.3 is 21.1 Å². The van der Waals surface area contributed by atoms with Crippen LogP contribution in [-0.2, 0) is 6.42 Å². The molecule has 33 heavy (non-hydrogen) atoms. The number of benzene rings is 1. The second-order valence-electron chi connectivity index (χ2n) is 7.82. The smallest absolute Gasteiger partial charge is 0.282 e. The molecular formula is C21H19F4N5O2S. The van der Waals surface area contributed by atoms with E-state index in [1.165, 1.54) is 30.0 Å². The summed E-state index contributed by atoms with van der Waals surface area (Å²) in [6, 6.07) is 6.50. The Bertz CT molecular complexity index is 1170. The Balaban J connectivity index is 1.60. The molecule has 1 unspecified atom stereocenters. The molecule has 7 nitrogen and oxygen atoms in total. The Kier molecular flexibility index (Phi) is 5.97. The average molecular weight is 481 g/mol. The number of aliphatic hydroxyl groups is 1. The molecule has 0 saturated carbocycles. The lowest BCUT2D eigenvalue weighted by Gasteiger charge is -2.39. The molecule has 1 aliphatic rings. The number of hydrogen-bond donors (Lipinski definition) is 3. The first-order valence-electron chi connectivity index (χ1n) is 9.86. The zero-order chi connectivity index (χ0) is 23.9. The third-order valence-electron chi connectivity index (χ3n) is 4.94. The number of hydrogen-bond acceptors (Lipinski definition) is 7. The second kappa shape index (κ2) is 8.60. The van der Waals surface area contributed by atoms with Crippen molar-refractivity contribution >= 4 is 33.9 Å². The number of anilines is 3. The summed E-state index contributed by atoms with van der Waals surface area (Å²) >= 11 is 0.891. The SMILES string of the molecule is CC(O)Cc1cc(F)c(-c2cc(C(N)=O)c(Nc3ccc(N4CC(F)(F)C4)nn3)s2)c(F)c1. The van der Waals surface area contributed by atoms with Gasteiger partial charge in [-0.15, -0.1) is 21.5 Å². The first-order valence-corrected chi connectivity index (χ1v) is 10.7. The van der Waals surface area contributed by atoms with Crippen molar-refractivity contribution in [2.24, 2.45) is 5.73 Å². The van der Waals surface area contributed by atoms with Crippen LogP contribution in [0.3, 0.4) is 0 Å². The molecule has 1 fully saturated rings. The molecule has 4 N–H and O–H groups in total. The van der Waals surface area contributed by atoms with Gasteiger partial charge in [-0.2, -0.15) is 0 Å². The van der Waals surface area contributed by atoms with Crippen LogP contribution in [0.5, 0.6) is 0 Å². The first-order chi connectivity index (χ1) is 15.5. The van der Waals surface area contributed by atoms with E-state index in [1.54, 1.807) is 0 Å². The number of primary amides is 1. The van der Waals surface area contributed by atoms with E-state index in [0.717, 1.165) is 23.5 Å². The van der Waals surface area contributed by atoms with Gasteiger partial charge in [0.1, 0.15) is 16.6 Å². The molecule has 0 aliphatic carbocycles. The Hall–Kier alpha value is -3.25. The number of nitrogens with two attached hydrogens (primary N) is 1. The number of carbonyl (C=O) groups is 1. The van der Waals surface area contributed by atoms with Crippen LogP contribution < -0.4 is 16.0 Å². The Labute approximate surface area is 189 Å². The number of aromatic nitrogens is 2. The lowest BCUT2D eigenvalue weighted by molar-refractivity contribution is -0.0267. The van der Waals surface area contributed by atoms with Gasteiger partial charge in [-0.1, -0.05) is 0 Å². The molecule has 2 aromatic heterocycles. The summed E-state index contributed by atoms with van der Waals surface area (Å²) in [6.07, 6.45) is -0.680. The average Bonchev–Trinajstić information content (AvgIpc) is 3.09. The molecule has 1 saturated heterocycles. The van der Waals surface area contributed by atoms with Gasteiger partial charge in [0, 0.05) is 4.88 Å². The summed E-state index contributed by atoms with van der Waals surface area (Å²) in [5.41, 5.74) is 5.39. The number of nitrogens with zero attached hydrogens (tertiary/aromatic N) is 3. The van der Waals surface area contributed by atoms with Crippen molar-refractivity contribution in [2.45, 2.75) is 25.4 Å². The van der Waals surface area contributed by atoms with Crippen LogP contribution in [0.25, 0.3) is 10.4 Å². The van der Waals surface area contributed by atoms with Gasteiger partial charge in [0.15, 0.2) is 11.6 Å². The summed E-state index contributed by atoms with van der Waals surface area (Å²) < 4.78 is 55.5. The van der Waals surface area contributed by atoms with Gasteiger partial charge in [-0.05, 0) is 49.2 Å². The van der Waals surface area contributed by atoms with Gasteiger partial charge in [0.2, 0.25) is 0 Å². The van der Waals surface area contributed by atoms with Crippen LogP contribution >= 0.6 is 11.3 Å². The molecule has 3 heterocycles. The molecule has 0 spiro atoms. The standard InChI is InChI=1S/C21H19F4N5O2S/c1-10(31)4-11-5-13(22)18(14(23)6-11)15-7-12(19(26)32)20(33-15)27-16-2-3-17(29-28-16)30-8-21(24,25)9-30/h2-3,5-7,10,31H,4,8-9H2,1H3,(H2,26,32)(H,27,28). The van der Waals surface area contributed by atoms with E-state index in [1.807, 2.05) is 0 Å². The second-order valence-corrected chi connectivity index (χ2v) is 8.87. The van der Waals surface area contributed by atoms with Gasteiger partial charge in [-0.3, -0.25) is 4.79 Å². The Morgan fingerprint density at radius 1 is 1.24 bits per heavy atom. The van der Waals surface area contributed by atoms with E-state index < -0.39 is 42.7 Å². The minimum Gasteiger partial charge on any atom is -0.393 e. The minimum absolute atomic E-state index is 0.00452. The first kappa shape index (κ1) is 22.9. The molecule has 1 amide bonds. The van der Waals surface area contributed by atoms with Gasteiger partial charge in [0.05, 0.1) is 30.3 Å². The molecule has 1 atom stereocenters. The minimum atomic E-state index is -2.75. The van der Waals surface area contributed by atoms with Crippen molar-refractivity contribution in [1.82, 2.24) is 10.2 Å². The zero-order valence-electron chi connectivity index (χ0n) is 17.3. The maximum atomic E-state index is 14.7. The van der Waals surface area contributed by atoms with E-state index in [0.29, 0.717) is 5.56 Å². The van der Waals surface area contributed by atoms with Crippen molar-refractivity contribution in [3.8, 4) is 10.4 Å². The van der Waals surface area contributed by atoms with E-state index in [2.05, 4.69) is 15.5 Å². The maximum Gasteiger partial charge on any atom is 0.282 e. The van der Waals surface area contributed by atoms with Crippen molar-refractivity contribution in [3.05, 3.63) is 53.1 Å². The molecule has 0 radical (unpaired) electrons. The highest BCUT2D eigenvalue weighted by atomic mass is 32.1. The largest absolute Gasteiger partial charge is 0.393 e. The summed E-state index contributed by atoms with van der Waals surface area (Å²) in [4.78, 5) is 13.4. The monoisotopic (exact) mass is 481 g/mol. The molecule has 12 heteroatoms. The fourth-order valence-electron chi connectivity index (χ4n) is 3.46. The lowest BCUT2D eigenvalue weighted by Crippen LogP contribution is -2.56. The summed E-state index contributed by atoms with van der Waals surface area (Å²) in [6.45, 7) is 0.623. The van der Waals surface area contributed by atoms with Crippen LogP contribution in [-0.4, -0.2) is 46.3 Å². The van der Waals surface area contributed by atoms with Gasteiger partial charge >= 0.3 is 0 Å². The predicted molar refractivity (Wildman–Crippen MR) is 116 cm³/mol. The van der Waals surface area contributed by atoms with Gasteiger partial charge in [-0.25, -0.2) is 17.6 Å². The molecule has 4 rings (SSSR count). The summed E-state index contributed by atoms with van der Waals surface area (Å²) in [7, 11) is 0. The number of rotatable bonds is 7. The number of carbonyl (C=O) groups excluding carboxylic acids is 1. The molecule has 1 aliphatic heterocycles. The van der Waals surface area contributed by atoms with Crippen molar-refractivity contribution in [3.63, 3.8) is 0 Å².